The number of ketones is 1. The average Bonchev–Trinajstić information content (AvgIpc) is 2.66. The molecule has 0 bridgehead atoms. The molecule has 0 radical (unpaired) electrons. The molecular weight excluding hydrogens is 364 g/mol. The van der Waals surface area contributed by atoms with Crippen LogP contribution in [0.1, 0.15) is 59.8 Å². The predicted octanol–water partition coefficient (Wildman–Crippen LogP) is -0.446. The Morgan fingerprint density at radius 2 is 1.54 bits per heavy atom. The summed E-state index contributed by atoms with van der Waals surface area (Å²) in [7, 11) is 0. The van der Waals surface area contributed by atoms with E-state index in [1.807, 2.05) is 13.8 Å². The molecule has 0 saturated heterocycles. The van der Waals surface area contributed by atoms with Gasteiger partial charge in [0.2, 0.25) is 0 Å². The second-order valence-electron chi connectivity index (χ2n) is 7.96. The molecule has 28 heavy (non-hydrogen) atoms. The van der Waals surface area contributed by atoms with Gasteiger partial charge in [-0.05, 0) is 32.7 Å². The Morgan fingerprint density at radius 1 is 0.929 bits per heavy atom. The first-order valence-electron chi connectivity index (χ1n) is 10.5. The number of hydrogen-bond acceptors (Lipinski definition) is 8. The van der Waals surface area contributed by atoms with Crippen LogP contribution < -0.4 is 10.6 Å². The Morgan fingerprint density at radius 3 is 2.07 bits per heavy atom. The molecule has 0 aliphatic carbocycles. The van der Waals surface area contributed by atoms with E-state index in [1.165, 1.54) is 0 Å². The molecule has 0 amide bonds. The van der Waals surface area contributed by atoms with Crippen LogP contribution in [0, 0.1) is 5.92 Å². The van der Waals surface area contributed by atoms with E-state index in [1.54, 1.807) is 0 Å². The van der Waals surface area contributed by atoms with Gasteiger partial charge in [-0.2, -0.15) is 0 Å². The second kappa shape index (κ2) is 15.3. The fourth-order valence-corrected chi connectivity index (χ4v) is 3.10. The van der Waals surface area contributed by atoms with Gasteiger partial charge in [-0.1, -0.05) is 33.6 Å². The van der Waals surface area contributed by atoms with Gasteiger partial charge in [-0.3, -0.25) is 4.79 Å². The minimum Gasteiger partial charge on any atom is -0.394 e. The summed E-state index contributed by atoms with van der Waals surface area (Å²) in [5.74, 6) is 0.215. The third kappa shape index (κ3) is 10.8. The maximum Gasteiger partial charge on any atom is 0.152 e. The third-order valence-corrected chi connectivity index (χ3v) is 4.90. The first-order valence-corrected chi connectivity index (χ1v) is 10.5. The monoisotopic (exact) mass is 406 g/mol. The van der Waals surface area contributed by atoms with Crippen molar-refractivity contribution in [1.29, 1.82) is 0 Å². The highest BCUT2D eigenvalue weighted by molar-refractivity contribution is 5.85. The van der Waals surface area contributed by atoms with Gasteiger partial charge in [-0.15, -0.1) is 0 Å². The number of unbranched alkanes of at least 4 members (excludes halogenated alkanes) is 1. The third-order valence-electron chi connectivity index (χ3n) is 4.90. The van der Waals surface area contributed by atoms with Gasteiger partial charge >= 0.3 is 0 Å². The fourth-order valence-electron chi connectivity index (χ4n) is 3.10. The van der Waals surface area contributed by atoms with E-state index in [4.69, 9.17) is 5.11 Å². The molecule has 0 aromatic carbocycles. The van der Waals surface area contributed by atoms with Crippen LogP contribution in [0.3, 0.4) is 0 Å². The van der Waals surface area contributed by atoms with Crippen LogP contribution >= 0.6 is 0 Å². The quantitative estimate of drug-likeness (QED) is 0.161. The summed E-state index contributed by atoms with van der Waals surface area (Å²) in [5.41, 5.74) is 0. The smallest absolute Gasteiger partial charge is 0.152 e. The minimum absolute atomic E-state index is 0.0122. The summed E-state index contributed by atoms with van der Waals surface area (Å²) in [4.78, 5) is 12.4. The van der Waals surface area contributed by atoms with Gasteiger partial charge in [0.15, 0.2) is 5.78 Å². The number of Topliss-reactive ketones (excluding diaryl/α,β-unsaturated/α-hetero) is 1. The Bertz CT molecular complexity index is 410. The first kappa shape index (κ1) is 27.4. The lowest BCUT2D eigenvalue weighted by Crippen LogP contribution is -2.49. The van der Waals surface area contributed by atoms with Crippen molar-refractivity contribution in [3.63, 3.8) is 0 Å². The molecule has 0 heterocycles. The van der Waals surface area contributed by atoms with Crippen molar-refractivity contribution in [3.05, 3.63) is 0 Å². The highest BCUT2D eigenvalue weighted by Crippen LogP contribution is 2.10. The zero-order valence-electron chi connectivity index (χ0n) is 17.8. The van der Waals surface area contributed by atoms with Gasteiger partial charge in [0.25, 0.3) is 0 Å². The zero-order valence-corrected chi connectivity index (χ0v) is 17.8. The number of carbonyl (C=O) groups is 1. The molecule has 6 atom stereocenters. The van der Waals surface area contributed by atoms with Gasteiger partial charge in [0.1, 0.15) is 18.3 Å². The van der Waals surface area contributed by atoms with E-state index >= 15 is 0 Å². The van der Waals surface area contributed by atoms with Crippen LogP contribution in [-0.2, 0) is 4.79 Å². The van der Waals surface area contributed by atoms with E-state index < -0.39 is 31.0 Å². The molecule has 8 heteroatoms. The summed E-state index contributed by atoms with van der Waals surface area (Å²) in [6, 6.07) is 0.150. The van der Waals surface area contributed by atoms with Gasteiger partial charge in [0.05, 0.1) is 18.8 Å². The van der Waals surface area contributed by atoms with Gasteiger partial charge < -0.3 is 36.2 Å². The van der Waals surface area contributed by atoms with E-state index in [0.29, 0.717) is 12.6 Å². The molecule has 0 fully saturated rings. The molecule has 0 saturated carbocycles. The summed E-state index contributed by atoms with van der Waals surface area (Å²) >= 11 is 0. The molecule has 0 aliphatic rings. The Balaban J connectivity index is 4.20. The molecule has 8 nitrogen and oxygen atoms in total. The summed E-state index contributed by atoms with van der Waals surface area (Å²) in [6.07, 6.45) is -1.43. The molecule has 0 rings (SSSR count). The summed E-state index contributed by atoms with van der Waals surface area (Å²) < 4.78 is 0. The van der Waals surface area contributed by atoms with Crippen molar-refractivity contribution in [1.82, 2.24) is 10.6 Å². The van der Waals surface area contributed by atoms with Crippen molar-refractivity contribution in [2.24, 2.45) is 5.92 Å². The lowest BCUT2D eigenvalue weighted by atomic mass is 9.96. The van der Waals surface area contributed by atoms with Crippen molar-refractivity contribution < 1.29 is 30.3 Å². The predicted molar refractivity (Wildman–Crippen MR) is 109 cm³/mol. The maximum absolute atomic E-state index is 12.4. The van der Waals surface area contributed by atoms with Crippen molar-refractivity contribution in [2.75, 3.05) is 19.7 Å². The molecule has 168 valence electrons. The number of hydrogen-bond donors (Lipinski definition) is 7. The van der Waals surface area contributed by atoms with Crippen molar-refractivity contribution >= 4 is 5.78 Å². The highest BCUT2D eigenvalue weighted by Gasteiger charge is 2.29. The van der Waals surface area contributed by atoms with Crippen LogP contribution in [0.15, 0.2) is 0 Å². The van der Waals surface area contributed by atoms with Crippen molar-refractivity contribution in [3.8, 4) is 0 Å². The number of aliphatic hydroxyl groups excluding tert-OH is 5. The Hall–Kier alpha value is -0.610. The lowest BCUT2D eigenvalue weighted by Gasteiger charge is -2.26. The molecule has 0 spiro atoms. The number of carbonyl (C=O) groups excluding carboxylic acids is 1. The Labute approximate surface area is 169 Å². The molecule has 0 aromatic rings. The van der Waals surface area contributed by atoms with Crippen LogP contribution in [0.4, 0.5) is 0 Å². The zero-order chi connectivity index (χ0) is 21.7. The summed E-state index contributed by atoms with van der Waals surface area (Å²) in [5, 5.41) is 53.7. The first-order chi connectivity index (χ1) is 13.1. The SMILES string of the molecule is CCCC(C)N[C@@H](CCCCNCC(O)C(O)C(O)C(O)CO)C(=O)C(C)C. The number of rotatable bonds is 17. The van der Waals surface area contributed by atoms with E-state index in [2.05, 4.69) is 24.5 Å². The van der Waals surface area contributed by atoms with Gasteiger partial charge in [-0.25, -0.2) is 0 Å². The van der Waals surface area contributed by atoms with Crippen LogP contribution in [0.5, 0.6) is 0 Å². The van der Waals surface area contributed by atoms with E-state index in [0.717, 1.165) is 32.1 Å². The van der Waals surface area contributed by atoms with Crippen LogP contribution in [0.25, 0.3) is 0 Å². The molecule has 5 unspecified atom stereocenters. The standard InChI is InChI=1S/C20H42N2O6/c1-5-8-14(4)22-15(18(26)13(2)3)9-6-7-10-21-11-16(24)19(27)20(28)17(25)12-23/h13-17,19-25,27-28H,5-12H2,1-4H3/t14?,15-,16?,17?,19?,20?/m0/s1. The fraction of sp³-hybridized carbons (Fsp3) is 0.950. The molecule has 7 N–H and O–H groups in total. The average molecular weight is 407 g/mol. The topological polar surface area (TPSA) is 142 Å². The normalized spacial score (nSPS) is 18.5. The Kier molecular flexibility index (Phi) is 14.9. The van der Waals surface area contributed by atoms with Crippen molar-refractivity contribution in [2.45, 2.75) is 96.3 Å². The lowest BCUT2D eigenvalue weighted by molar-refractivity contribution is -0.124. The summed E-state index contributed by atoms with van der Waals surface area (Å²) in [6.45, 7) is 8.00. The van der Waals surface area contributed by atoms with E-state index in [-0.39, 0.29) is 24.3 Å². The molecular formula is C20H42N2O6. The molecule has 0 aromatic heterocycles. The number of aliphatic hydroxyl groups is 5. The second-order valence-corrected chi connectivity index (χ2v) is 7.96. The minimum atomic E-state index is -1.61. The van der Waals surface area contributed by atoms with Gasteiger partial charge in [0, 0.05) is 18.5 Å². The highest BCUT2D eigenvalue weighted by atomic mass is 16.4. The van der Waals surface area contributed by atoms with Crippen LogP contribution in [-0.4, -0.2) is 87.5 Å². The molecule has 0 aliphatic heterocycles. The maximum atomic E-state index is 12.4. The van der Waals surface area contributed by atoms with E-state index in [9.17, 15) is 25.2 Å². The number of nitrogens with one attached hydrogen (secondary N) is 2. The largest absolute Gasteiger partial charge is 0.394 e. The van der Waals surface area contributed by atoms with Crippen LogP contribution in [0.2, 0.25) is 0 Å².